The number of amides is 3. The molecule has 3 atom stereocenters. The van der Waals surface area contributed by atoms with Crippen LogP contribution in [0.15, 0.2) is 24.3 Å². The highest BCUT2D eigenvalue weighted by Gasteiger charge is 2.29. The molecule has 0 heterocycles. The van der Waals surface area contributed by atoms with Crippen LogP contribution in [0.1, 0.15) is 32.3 Å². The van der Waals surface area contributed by atoms with Crippen LogP contribution in [0.4, 0.5) is 0 Å². The normalized spacial score (nSPS) is 13.5. The molecule has 12 heteroatoms. The summed E-state index contributed by atoms with van der Waals surface area (Å²) in [4.78, 5) is 59.3. The van der Waals surface area contributed by atoms with Gasteiger partial charge in [0.2, 0.25) is 17.7 Å². The summed E-state index contributed by atoms with van der Waals surface area (Å²) in [6.45, 7) is 2.95. The van der Waals surface area contributed by atoms with Gasteiger partial charge in [-0.05, 0) is 30.0 Å². The largest absolute Gasteiger partial charge is 0.508 e. The molecule has 0 fully saturated rings. The van der Waals surface area contributed by atoms with Crippen LogP contribution in [-0.2, 0) is 30.4 Å². The van der Waals surface area contributed by atoms with Gasteiger partial charge in [-0.3, -0.25) is 24.0 Å². The first-order chi connectivity index (χ1) is 15.4. The van der Waals surface area contributed by atoms with Gasteiger partial charge in [0.05, 0.1) is 12.5 Å². The molecule has 1 aromatic rings. The molecule has 1 aromatic carbocycles. The van der Waals surface area contributed by atoms with Crippen molar-refractivity contribution < 1.29 is 39.3 Å². The maximum absolute atomic E-state index is 12.9. The van der Waals surface area contributed by atoms with E-state index in [1.165, 1.54) is 24.3 Å². The minimum absolute atomic E-state index is 0.00655. The second-order valence-electron chi connectivity index (χ2n) is 7.94. The zero-order valence-electron chi connectivity index (χ0n) is 18.4. The highest BCUT2D eigenvalue weighted by atomic mass is 16.4. The molecule has 0 spiro atoms. The Balaban J connectivity index is 3.02. The Morgan fingerprint density at radius 3 is 1.97 bits per heavy atom. The highest BCUT2D eigenvalue weighted by Crippen LogP contribution is 2.12. The minimum atomic E-state index is -1.36. The molecule has 182 valence electrons. The van der Waals surface area contributed by atoms with Gasteiger partial charge in [0.15, 0.2) is 0 Å². The monoisotopic (exact) mass is 466 g/mol. The molecule has 0 bridgehead atoms. The number of aliphatic carboxylic acids is 2. The van der Waals surface area contributed by atoms with Crippen molar-refractivity contribution in [3.8, 4) is 5.75 Å². The van der Waals surface area contributed by atoms with Gasteiger partial charge >= 0.3 is 11.9 Å². The number of phenols is 1. The Kier molecular flexibility index (Phi) is 10.8. The Morgan fingerprint density at radius 1 is 0.879 bits per heavy atom. The van der Waals surface area contributed by atoms with Crippen molar-refractivity contribution in [3.05, 3.63) is 29.8 Å². The van der Waals surface area contributed by atoms with Crippen molar-refractivity contribution in [2.24, 2.45) is 11.7 Å². The molecular weight excluding hydrogens is 436 g/mol. The van der Waals surface area contributed by atoms with Gasteiger partial charge in [-0.1, -0.05) is 26.0 Å². The van der Waals surface area contributed by atoms with Crippen molar-refractivity contribution >= 4 is 29.7 Å². The van der Waals surface area contributed by atoms with E-state index in [0.29, 0.717) is 5.56 Å². The molecule has 8 N–H and O–H groups in total. The van der Waals surface area contributed by atoms with Crippen molar-refractivity contribution in [1.82, 2.24) is 16.0 Å². The molecule has 0 aliphatic carbocycles. The summed E-state index contributed by atoms with van der Waals surface area (Å²) in [6, 6.07) is 2.22. The first-order valence-corrected chi connectivity index (χ1v) is 10.2. The maximum atomic E-state index is 12.9. The third-order valence-electron chi connectivity index (χ3n) is 4.49. The van der Waals surface area contributed by atoms with Gasteiger partial charge in [-0.2, -0.15) is 0 Å². The summed E-state index contributed by atoms with van der Waals surface area (Å²) in [7, 11) is 0. The predicted molar refractivity (Wildman–Crippen MR) is 116 cm³/mol. The fraction of sp³-hybridized carbons (Fsp3) is 0.476. The van der Waals surface area contributed by atoms with Crippen LogP contribution in [0.2, 0.25) is 0 Å². The fourth-order valence-corrected chi connectivity index (χ4v) is 2.90. The van der Waals surface area contributed by atoms with Gasteiger partial charge in [0, 0.05) is 6.42 Å². The fourth-order valence-electron chi connectivity index (χ4n) is 2.90. The van der Waals surface area contributed by atoms with Crippen LogP contribution in [0.3, 0.4) is 0 Å². The number of carbonyl (C=O) groups is 5. The van der Waals surface area contributed by atoms with Gasteiger partial charge in [0.25, 0.3) is 0 Å². The topological polar surface area (TPSA) is 208 Å². The summed E-state index contributed by atoms with van der Waals surface area (Å²) in [6.07, 6.45) is -0.457. The van der Waals surface area contributed by atoms with E-state index in [1.54, 1.807) is 13.8 Å². The number of carboxylic acid groups (broad SMARTS) is 2. The Bertz CT molecular complexity index is 856. The van der Waals surface area contributed by atoms with Gasteiger partial charge in [-0.25, -0.2) is 0 Å². The average molecular weight is 466 g/mol. The van der Waals surface area contributed by atoms with E-state index in [4.69, 9.17) is 15.9 Å². The van der Waals surface area contributed by atoms with E-state index in [9.17, 15) is 29.1 Å². The van der Waals surface area contributed by atoms with Crippen LogP contribution in [0, 0.1) is 5.92 Å². The molecular formula is C21H30N4O8. The van der Waals surface area contributed by atoms with Gasteiger partial charge in [-0.15, -0.1) is 0 Å². The van der Waals surface area contributed by atoms with Gasteiger partial charge < -0.3 is 37.0 Å². The smallest absolute Gasteiger partial charge is 0.322 e. The van der Waals surface area contributed by atoms with Crippen LogP contribution in [0.5, 0.6) is 5.75 Å². The number of nitrogens with two attached hydrogens (primary N) is 1. The van der Waals surface area contributed by atoms with E-state index < -0.39 is 60.8 Å². The van der Waals surface area contributed by atoms with E-state index in [-0.39, 0.29) is 24.5 Å². The molecule has 0 aromatic heterocycles. The lowest BCUT2D eigenvalue weighted by Gasteiger charge is -2.25. The maximum Gasteiger partial charge on any atom is 0.322 e. The van der Waals surface area contributed by atoms with E-state index >= 15 is 0 Å². The number of benzene rings is 1. The second kappa shape index (κ2) is 13.0. The molecule has 0 aliphatic heterocycles. The summed E-state index contributed by atoms with van der Waals surface area (Å²) in [5, 5.41) is 34.2. The molecule has 0 radical (unpaired) electrons. The standard InChI is InChI=1S/C21H30N4O8/c1-11(2)7-15(24-19(31)14(22)9-17(27)28)21(33)25-16(20(32)23-10-18(29)30)8-12-3-5-13(26)6-4-12/h3-6,11,14-16,26H,7-10,22H2,1-2H3,(H,23,32)(H,24,31)(H,25,33)(H,27,28)(H,29,30). The number of hydrogen-bond acceptors (Lipinski definition) is 7. The van der Waals surface area contributed by atoms with E-state index in [0.717, 1.165) is 0 Å². The van der Waals surface area contributed by atoms with Crippen LogP contribution in [0.25, 0.3) is 0 Å². The SMILES string of the molecule is CC(C)CC(NC(=O)C(N)CC(=O)O)C(=O)NC(Cc1ccc(O)cc1)C(=O)NCC(=O)O. The number of carbonyl (C=O) groups excluding carboxylic acids is 3. The Hall–Kier alpha value is -3.67. The summed E-state index contributed by atoms with van der Waals surface area (Å²) >= 11 is 0. The summed E-state index contributed by atoms with van der Waals surface area (Å²) < 4.78 is 0. The lowest BCUT2D eigenvalue weighted by Crippen LogP contribution is -2.57. The molecule has 3 unspecified atom stereocenters. The Labute approximate surface area is 190 Å². The third-order valence-corrected chi connectivity index (χ3v) is 4.49. The zero-order chi connectivity index (χ0) is 25.1. The summed E-state index contributed by atoms with van der Waals surface area (Å²) in [5.41, 5.74) is 6.14. The number of rotatable bonds is 13. The molecule has 0 saturated carbocycles. The molecule has 0 saturated heterocycles. The van der Waals surface area contributed by atoms with Crippen LogP contribution in [-0.4, -0.2) is 69.7 Å². The lowest BCUT2D eigenvalue weighted by molar-refractivity contribution is -0.140. The third kappa shape index (κ3) is 10.5. The molecule has 12 nitrogen and oxygen atoms in total. The van der Waals surface area contributed by atoms with Crippen molar-refractivity contribution in [2.75, 3.05) is 6.54 Å². The Morgan fingerprint density at radius 2 is 1.45 bits per heavy atom. The van der Waals surface area contributed by atoms with Crippen LogP contribution < -0.4 is 21.7 Å². The number of carboxylic acids is 2. The highest BCUT2D eigenvalue weighted by molar-refractivity contribution is 5.94. The number of nitrogens with one attached hydrogen (secondary N) is 3. The average Bonchev–Trinajstić information content (AvgIpc) is 2.71. The quantitative estimate of drug-likeness (QED) is 0.189. The van der Waals surface area contributed by atoms with Gasteiger partial charge in [0.1, 0.15) is 24.4 Å². The van der Waals surface area contributed by atoms with E-state index in [2.05, 4.69) is 16.0 Å². The minimum Gasteiger partial charge on any atom is -0.508 e. The van der Waals surface area contributed by atoms with Crippen LogP contribution >= 0.6 is 0 Å². The second-order valence-corrected chi connectivity index (χ2v) is 7.94. The van der Waals surface area contributed by atoms with E-state index in [1.807, 2.05) is 0 Å². The first kappa shape index (κ1) is 27.4. The first-order valence-electron chi connectivity index (χ1n) is 10.2. The molecule has 0 aliphatic rings. The van der Waals surface area contributed by atoms with Crippen molar-refractivity contribution in [3.63, 3.8) is 0 Å². The zero-order valence-corrected chi connectivity index (χ0v) is 18.4. The molecule has 3 amide bonds. The number of hydrogen-bond donors (Lipinski definition) is 7. The molecule has 33 heavy (non-hydrogen) atoms. The number of phenolic OH excluding ortho intramolecular Hbond substituents is 1. The van der Waals surface area contributed by atoms with Crippen molar-refractivity contribution in [2.45, 2.75) is 51.2 Å². The van der Waals surface area contributed by atoms with Crippen molar-refractivity contribution in [1.29, 1.82) is 0 Å². The lowest BCUT2D eigenvalue weighted by atomic mass is 10.0. The number of aromatic hydroxyl groups is 1. The predicted octanol–water partition coefficient (Wildman–Crippen LogP) is -1.05. The summed E-state index contributed by atoms with van der Waals surface area (Å²) in [5.74, 6) is -4.88. The molecule has 1 rings (SSSR count).